The summed E-state index contributed by atoms with van der Waals surface area (Å²) in [4.78, 5) is 0. The maximum atomic E-state index is 6.45. The molecule has 4 aromatic carbocycles. The van der Waals surface area contributed by atoms with Crippen molar-refractivity contribution in [3.63, 3.8) is 0 Å². The molecule has 4 rings (SSSR count). The first kappa shape index (κ1) is 45.1. The minimum atomic E-state index is -0.758. The summed E-state index contributed by atoms with van der Waals surface area (Å²) in [7, 11) is 3.52. The van der Waals surface area contributed by atoms with Crippen molar-refractivity contribution in [1.29, 1.82) is 0 Å². The smallest absolute Gasteiger partial charge is 0.201 e. The monoisotopic (exact) mass is 737 g/mol. The molecular weight excluding hydrogens is 665 g/mol. The highest BCUT2D eigenvalue weighted by Crippen LogP contribution is 2.45. The van der Waals surface area contributed by atoms with Crippen LogP contribution < -0.4 is 0 Å². The molecule has 0 heterocycles. The first-order chi connectivity index (χ1) is 26.6. The third-order valence-corrected chi connectivity index (χ3v) is 10.7. The molecule has 0 amide bonds. The first-order valence-electron chi connectivity index (χ1n) is 21.2. The van der Waals surface area contributed by atoms with Crippen LogP contribution in [0.5, 0.6) is 0 Å². The third-order valence-electron chi connectivity index (χ3n) is 10.7. The van der Waals surface area contributed by atoms with Gasteiger partial charge in [0.1, 0.15) is 0 Å². The second-order valence-electron chi connectivity index (χ2n) is 14.4. The van der Waals surface area contributed by atoms with E-state index in [1.807, 2.05) is 6.07 Å². The van der Waals surface area contributed by atoms with E-state index in [9.17, 15) is 0 Å². The lowest BCUT2D eigenvalue weighted by Gasteiger charge is -2.41. The molecule has 0 aliphatic rings. The summed E-state index contributed by atoms with van der Waals surface area (Å²) in [5.41, 5.74) is 4.75. The standard InChI is InChI=1S/C26H38O2.C24H34O2/c1-4-7-8-9-10-17-22-25(23-18-13-11-14-19-23)26(27-5-2,28-6-3)24-20-15-12-16-21-24;1-4-5-6-7-8-15-20-23(21-16-11-9-12-17-21)24(25-2,26-3)22-18-13-10-14-19-22/h11-16,18-21,25H,4-10,17,22H2,1-3H3;9-14,16-19,23H,4-8,15,20H2,1-3H3. The van der Waals surface area contributed by atoms with Gasteiger partial charge in [-0.25, -0.2) is 0 Å². The summed E-state index contributed by atoms with van der Waals surface area (Å²) in [5, 5.41) is 0. The number of hydrogen-bond donors (Lipinski definition) is 0. The average Bonchev–Trinajstić information content (AvgIpc) is 3.23. The topological polar surface area (TPSA) is 36.9 Å². The van der Waals surface area contributed by atoms with Crippen molar-refractivity contribution in [3.05, 3.63) is 144 Å². The van der Waals surface area contributed by atoms with Crippen LogP contribution in [0.25, 0.3) is 0 Å². The van der Waals surface area contributed by atoms with Gasteiger partial charge in [-0.05, 0) is 37.8 Å². The molecule has 4 nitrogen and oxygen atoms in total. The third kappa shape index (κ3) is 13.5. The van der Waals surface area contributed by atoms with Crippen LogP contribution >= 0.6 is 0 Å². The van der Waals surface area contributed by atoms with Gasteiger partial charge in [0.25, 0.3) is 0 Å². The van der Waals surface area contributed by atoms with E-state index in [-0.39, 0.29) is 11.8 Å². The van der Waals surface area contributed by atoms with Crippen LogP contribution in [0.4, 0.5) is 0 Å². The summed E-state index contributed by atoms with van der Waals surface area (Å²) in [6.07, 6.45) is 17.6. The Morgan fingerprint density at radius 2 is 0.704 bits per heavy atom. The molecule has 0 N–H and O–H groups in total. The number of unbranched alkanes of at least 4 members (excludes halogenated alkanes) is 10. The Labute approximate surface area is 330 Å². The zero-order valence-corrected chi connectivity index (χ0v) is 34.6. The lowest BCUT2D eigenvalue weighted by Crippen LogP contribution is -2.40. The van der Waals surface area contributed by atoms with Gasteiger partial charge in [0.15, 0.2) is 0 Å². The zero-order valence-electron chi connectivity index (χ0n) is 34.6. The van der Waals surface area contributed by atoms with Gasteiger partial charge in [-0.1, -0.05) is 212 Å². The van der Waals surface area contributed by atoms with E-state index in [4.69, 9.17) is 18.9 Å². The number of rotatable bonds is 26. The van der Waals surface area contributed by atoms with E-state index in [1.54, 1.807) is 14.2 Å². The van der Waals surface area contributed by atoms with Gasteiger partial charge < -0.3 is 18.9 Å². The van der Waals surface area contributed by atoms with Gasteiger partial charge in [-0.15, -0.1) is 0 Å². The van der Waals surface area contributed by atoms with Gasteiger partial charge in [-0.3, -0.25) is 0 Å². The van der Waals surface area contributed by atoms with Gasteiger partial charge in [-0.2, -0.15) is 0 Å². The van der Waals surface area contributed by atoms with Crippen molar-refractivity contribution in [2.24, 2.45) is 0 Å². The highest BCUT2D eigenvalue weighted by Gasteiger charge is 2.43. The largest absolute Gasteiger partial charge is 0.349 e. The van der Waals surface area contributed by atoms with E-state index in [0.717, 1.165) is 24.0 Å². The van der Waals surface area contributed by atoms with Gasteiger partial charge in [0.05, 0.1) is 0 Å². The quantitative estimate of drug-likeness (QED) is 0.0475. The minimum Gasteiger partial charge on any atom is -0.349 e. The Morgan fingerprint density at radius 3 is 1.06 bits per heavy atom. The fourth-order valence-electron chi connectivity index (χ4n) is 7.97. The summed E-state index contributed by atoms with van der Waals surface area (Å²) >= 11 is 0. The number of benzene rings is 4. The van der Waals surface area contributed by atoms with E-state index < -0.39 is 11.6 Å². The van der Waals surface area contributed by atoms with Crippen molar-refractivity contribution in [2.75, 3.05) is 27.4 Å². The van der Waals surface area contributed by atoms with Crippen molar-refractivity contribution < 1.29 is 18.9 Å². The Morgan fingerprint density at radius 1 is 0.389 bits per heavy atom. The molecule has 0 fully saturated rings. The molecule has 0 spiro atoms. The molecule has 2 atom stereocenters. The predicted octanol–water partition coefficient (Wildman–Crippen LogP) is 14.1. The maximum absolute atomic E-state index is 6.45. The summed E-state index contributed by atoms with van der Waals surface area (Å²) < 4.78 is 25.0. The highest BCUT2D eigenvalue weighted by atomic mass is 16.7. The van der Waals surface area contributed by atoms with Crippen LogP contribution in [-0.2, 0) is 30.5 Å². The Bertz CT molecular complexity index is 1430. The average molecular weight is 737 g/mol. The molecule has 54 heavy (non-hydrogen) atoms. The van der Waals surface area contributed by atoms with Crippen molar-refractivity contribution in [3.8, 4) is 0 Å². The predicted molar refractivity (Wildman–Crippen MR) is 228 cm³/mol. The van der Waals surface area contributed by atoms with Crippen LogP contribution in [0.2, 0.25) is 0 Å². The van der Waals surface area contributed by atoms with Crippen LogP contribution in [0.1, 0.15) is 152 Å². The Kier molecular flexibility index (Phi) is 22.1. The van der Waals surface area contributed by atoms with Crippen LogP contribution in [0, 0.1) is 0 Å². The molecule has 2 unspecified atom stereocenters. The molecule has 0 radical (unpaired) electrons. The lowest BCUT2D eigenvalue weighted by atomic mass is 9.81. The van der Waals surface area contributed by atoms with Crippen molar-refractivity contribution >= 4 is 0 Å². The van der Waals surface area contributed by atoms with Crippen LogP contribution in [-0.4, -0.2) is 27.4 Å². The normalized spacial score (nSPS) is 12.9. The molecule has 0 saturated carbocycles. The molecule has 4 aromatic rings. The Balaban J connectivity index is 0.000000291. The fourth-order valence-corrected chi connectivity index (χ4v) is 7.97. The molecule has 0 saturated heterocycles. The molecule has 4 heteroatoms. The second-order valence-corrected chi connectivity index (χ2v) is 14.4. The zero-order chi connectivity index (χ0) is 38.7. The van der Waals surface area contributed by atoms with Gasteiger partial charge >= 0.3 is 0 Å². The number of hydrogen-bond acceptors (Lipinski definition) is 4. The summed E-state index contributed by atoms with van der Waals surface area (Å²) in [6, 6.07) is 42.2. The Hall–Kier alpha value is -3.28. The summed E-state index contributed by atoms with van der Waals surface area (Å²) in [5.74, 6) is -1.17. The van der Waals surface area contributed by atoms with Gasteiger partial charge in [0, 0.05) is 50.4 Å². The number of ether oxygens (including phenoxy) is 4. The van der Waals surface area contributed by atoms with E-state index >= 15 is 0 Å². The van der Waals surface area contributed by atoms with Crippen molar-refractivity contribution in [2.45, 2.75) is 141 Å². The van der Waals surface area contributed by atoms with E-state index in [2.05, 4.69) is 143 Å². The molecule has 0 bridgehead atoms. The molecule has 0 aliphatic heterocycles. The van der Waals surface area contributed by atoms with Crippen LogP contribution in [0.15, 0.2) is 121 Å². The lowest BCUT2D eigenvalue weighted by molar-refractivity contribution is -0.258. The maximum Gasteiger partial charge on any atom is 0.201 e. The van der Waals surface area contributed by atoms with Crippen LogP contribution in [0.3, 0.4) is 0 Å². The first-order valence-corrected chi connectivity index (χ1v) is 21.2. The molecule has 0 aliphatic carbocycles. The van der Waals surface area contributed by atoms with Gasteiger partial charge in [0.2, 0.25) is 11.6 Å². The fraction of sp³-hybridized carbons (Fsp3) is 0.520. The summed E-state index contributed by atoms with van der Waals surface area (Å²) in [6.45, 7) is 9.89. The van der Waals surface area contributed by atoms with E-state index in [0.29, 0.717) is 13.2 Å². The van der Waals surface area contributed by atoms with Crippen molar-refractivity contribution in [1.82, 2.24) is 0 Å². The number of methoxy groups -OCH3 is 2. The minimum absolute atomic E-state index is 0.160. The molecule has 0 aromatic heterocycles. The molecular formula is C50H72O4. The highest BCUT2D eigenvalue weighted by molar-refractivity contribution is 5.31. The SMILES string of the molecule is CCCCCCCCC(c1ccccc1)C(OC)(OC)c1ccccc1.CCCCCCCCC(c1ccccc1)C(OCC)(OCC)c1ccccc1. The molecule has 296 valence electrons. The van der Waals surface area contributed by atoms with E-state index in [1.165, 1.54) is 88.2 Å². The second kappa shape index (κ2) is 26.5.